The number of benzene rings is 1. The molecule has 3 rings (SSSR count). The number of carbonyl (C=O) groups excluding carboxylic acids is 1. The van der Waals surface area contributed by atoms with E-state index < -0.39 is 0 Å². The van der Waals surface area contributed by atoms with Crippen LogP contribution in [0.15, 0.2) is 22.7 Å². The molecule has 2 aliphatic rings. The van der Waals surface area contributed by atoms with Crippen molar-refractivity contribution in [3.05, 3.63) is 33.3 Å². The summed E-state index contributed by atoms with van der Waals surface area (Å²) in [6.45, 7) is 1.75. The van der Waals surface area contributed by atoms with Gasteiger partial charge in [-0.1, -0.05) is 40.4 Å². The van der Waals surface area contributed by atoms with Crippen molar-refractivity contribution in [2.24, 2.45) is 5.41 Å². The lowest BCUT2D eigenvalue weighted by Gasteiger charge is -2.39. The Hall–Kier alpha value is -0.540. The number of rotatable bonds is 1. The average molecular weight is 357 g/mol. The van der Waals surface area contributed by atoms with Gasteiger partial charge < -0.3 is 4.90 Å². The van der Waals surface area contributed by atoms with Crippen molar-refractivity contribution in [1.82, 2.24) is 4.90 Å². The van der Waals surface area contributed by atoms with Gasteiger partial charge in [0.2, 0.25) is 0 Å². The molecule has 20 heavy (non-hydrogen) atoms. The molecule has 0 unspecified atom stereocenters. The Morgan fingerprint density at radius 3 is 2.45 bits per heavy atom. The van der Waals surface area contributed by atoms with Crippen LogP contribution in [0.2, 0.25) is 5.02 Å². The molecule has 2 fully saturated rings. The Morgan fingerprint density at radius 1 is 1.15 bits per heavy atom. The zero-order valence-corrected chi connectivity index (χ0v) is 13.8. The number of hydrogen-bond acceptors (Lipinski definition) is 1. The van der Waals surface area contributed by atoms with E-state index in [1.807, 2.05) is 17.0 Å². The monoisotopic (exact) mass is 355 g/mol. The third kappa shape index (κ3) is 2.75. The summed E-state index contributed by atoms with van der Waals surface area (Å²) in [6, 6.07) is 5.47. The van der Waals surface area contributed by atoms with Crippen molar-refractivity contribution < 1.29 is 4.79 Å². The van der Waals surface area contributed by atoms with Crippen LogP contribution in [0.5, 0.6) is 0 Å². The van der Waals surface area contributed by atoms with Crippen molar-refractivity contribution in [3.63, 3.8) is 0 Å². The molecule has 1 saturated carbocycles. The Morgan fingerprint density at radius 2 is 1.80 bits per heavy atom. The minimum absolute atomic E-state index is 0.0733. The minimum atomic E-state index is 0.0733. The molecular formula is C16H19BrClNO. The van der Waals surface area contributed by atoms with E-state index in [1.165, 1.54) is 25.7 Å². The standard InChI is InChI=1S/C16H19BrClNO/c17-12-3-4-14(18)13(11-12)15(20)19-9-7-16(8-10-19)5-1-2-6-16/h3-4,11H,1-2,5-10H2. The first-order chi connectivity index (χ1) is 9.60. The highest BCUT2D eigenvalue weighted by Crippen LogP contribution is 2.46. The zero-order valence-electron chi connectivity index (χ0n) is 11.5. The van der Waals surface area contributed by atoms with Crippen LogP contribution in [0, 0.1) is 5.41 Å². The van der Waals surface area contributed by atoms with Gasteiger partial charge in [0, 0.05) is 17.6 Å². The molecule has 0 aromatic heterocycles. The number of halogens is 2. The average Bonchev–Trinajstić information content (AvgIpc) is 2.90. The van der Waals surface area contributed by atoms with Gasteiger partial charge in [-0.3, -0.25) is 4.79 Å². The van der Waals surface area contributed by atoms with Crippen molar-refractivity contribution >= 4 is 33.4 Å². The number of amides is 1. The van der Waals surface area contributed by atoms with Crippen LogP contribution in [-0.2, 0) is 0 Å². The maximum Gasteiger partial charge on any atom is 0.255 e. The molecule has 1 aliphatic heterocycles. The van der Waals surface area contributed by atoms with Gasteiger partial charge >= 0.3 is 0 Å². The van der Waals surface area contributed by atoms with Crippen LogP contribution in [-0.4, -0.2) is 23.9 Å². The number of likely N-dealkylation sites (tertiary alicyclic amines) is 1. The van der Waals surface area contributed by atoms with Crippen molar-refractivity contribution in [2.45, 2.75) is 38.5 Å². The van der Waals surface area contributed by atoms with Gasteiger partial charge in [0.05, 0.1) is 10.6 Å². The molecule has 1 aromatic rings. The predicted octanol–water partition coefficient (Wildman–Crippen LogP) is 4.90. The molecule has 1 aromatic carbocycles. The van der Waals surface area contributed by atoms with E-state index >= 15 is 0 Å². The molecule has 1 heterocycles. The number of piperidine rings is 1. The topological polar surface area (TPSA) is 20.3 Å². The molecule has 0 radical (unpaired) electrons. The van der Waals surface area contributed by atoms with Gasteiger partial charge in [0.1, 0.15) is 0 Å². The highest BCUT2D eigenvalue weighted by molar-refractivity contribution is 9.10. The summed E-state index contributed by atoms with van der Waals surface area (Å²) < 4.78 is 0.898. The maximum atomic E-state index is 12.6. The smallest absolute Gasteiger partial charge is 0.255 e. The molecule has 1 saturated heterocycles. The van der Waals surface area contributed by atoms with Crippen LogP contribution >= 0.6 is 27.5 Å². The van der Waals surface area contributed by atoms with Gasteiger partial charge in [-0.2, -0.15) is 0 Å². The highest BCUT2D eigenvalue weighted by Gasteiger charge is 2.38. The quantitative estimate of drug-likeness (QED) is 0.701. The van der Waals surface area contributed by atoms with Crippen LogP contribution in [0.25, 0.3) is 0 Å². The molecular weight excluding hydrogens is 338 g/mol. The van der Waals surface area contributed by atoms with Gasteiger partial charge in [0.15, 0.2) is 0 Å². The zero-order chi connectivity index (χ0) is 14.2. The fraction of sp³-hybridized carbons (Fsp3) is 0.562. The lowest BCUT2D eigenvalue weighted by molar-refractivity contribution is 0.0587. The molecule has 1 amide bonds. The van der Waals surface area contributed by atoms with Gasteiger partial charge in [0.25, 0.3) is 5.91 Å². The van der Waals surface area contributed by atoms with E-state index in [-0.39, 0.29) is 5.91 Å². The largest absolute Gasteiger partial charge is 0.339 e. The lowest BCUT2D eigenvalue weighted by Crippen LogP contribution is -2.42. The second-order valence-corrected chi connectivity index (χ2v) is 7.45. The van der Waals surface area contributed by atoms with Crippen molar-refractivity contribution in [1.29, 1.82) is 0 Å². The molecule has 0 bridgehead atoms. The number of carbonyl (C=O) groups is 1. The molecule has 4 heteroatoms. The van der Waals surface area contributed by atoms with E-state index in [2.05, 4.69) is 15.9 Å². The summed E-state index contributed by atoms with van der Waals surface area (Å²) in [4.78, 5) is 14.6. The summed E-state index contributed by atoms with van der Waals surface area (Å²) in [5.74, 6) is 0.0733. The molecule has 0 N–H and O–H groups in total. The summed E-state index contributed by atoms with van der Waals surface area (Å²) >= 11 is 9.57. The van der Waals surface area contributed by atoms with E-state index in [1.54, 1.807) is 6.07 Å². The Kier molecular flexibility index (Phi) is 4.09. The fourth-order valence-corrected chi connectivity index (χ4v) is 4.20. The van der Waals surface area contributed by atoms with Gasteiger partial charge in [-0.25, -0.2) is 0 Å². The highest BCUT2D eigenvalue weighted by atomic mass is 79.9. The first-order valence-corrected chi connectivity index (χ1v) is 8.51. The fourth-order valence-electron chi connectivity index (χ4n) is 3.64. The van der Waals surface area contributed by atoms with E-state index in [0.29, 0.717) is 16.0 Å². The van der Waals surface area contributed by atoms with E-state index in [0.717, 1.165) is 30.4 Å². The van der Waals surface area contributed by atoms with Crippen molar-refractivity contribution in [2.75, 3.05) is 13.1 Å². The Labute approximate surface area is 133 Å². The summed E-state index contributed by atoms with van der Waals surface area (Å²) in [7, 11) is 0. The molecule has 2 nitrogen and oxygen atoms in total. The van der Waals surface area contributed by atoms with Crippen LogP contribution in [0.3, 0.4) is 0 Å². The van der Waals surface area contributed by atoms with Gasteiger partial charge in [-0.05, 0) is 49.3 Å². The molecule has 1 aliphatic carbocycles. The van der Waals surface area contributed by atoms with Crippen molar-refractivity contribution in [3.8, 4) is 0 Å². The number of hydrogen-bond donors (Lipinski definition) is 0. The Bertz CT molecular complexity index is 515. The van der Waals surface area contributed by atoms with Gasteiger partial charge in [-0.15, -0.1) is 0 Å². The SMILES string of the molecule is O=C(c1cc(Br)ccc1Cl)N1CCC2(CCCC2)CC1. The van der Waals surface area contributed by atoms with E-state index in [9.17, 15) is 4.79 Å². The van der Waals surface area contributed by atoms with Crippen LogP contribution in [0.4, 0.5) is 0 Å². The second kappa shape index (κ2) is 5.69. The Balaban J connectivity index is 1.71. The summed E-state index contributed by atoms with van der Waals surface area (Å²) in [5, 5.41) is 0.541. The predicted molar refractivity (Wildman–Crippen MR) is 85.2 cm³/mol. The second-order valence-electron chi connectivity index (χ2n) is 6.12. The third-order valence-corrected chi connectivity index (χ3v) is 5.76. The first kappa shape index (κ1) is 14.4. The lowest BCUT2D eigenvalue weighted by atomic mass is 9.77. The molecule has 108 valence electrons. The number of nitrogens with zero attached hydrogens (tertiary/aromatic N) is 1. The van der Waals surface area contributed by atoms with E-state index in [4.69, 9.17) is 11.6 Å². The molecule has 0 atom stereocenters. The third-order valence-electron chi connectivity index (χ3n) is 4.93. The maximum absolute atomic E-state index is 12.6. The van der Waals surface area contributed by atoms with Crippen LogP contribution in [0.1, 0.15) is 48.9 Å². The minimum Gasteiger partial charge on any atom is -0.339 e. The normalized spacial score (nSPS) is 21.4. The van der Waals surface area contributed by atoms with Crippen LogP contribution < -0.4 is 0 Å². The molecule has 1 spiro atoms. The summed E-state index contributed by atoms with van der Waals surface area (Å²) in [5.41, 5.74) is 1.15. The first-order valence-electron chi connectivity index (χ1n) is 7.34. The summed E-state index contributed by atoms with van der Waals surface area (Å²) in [6.07, 6.45) is 7.75.